The Morgan fingerprint density at radius 1 is 0.349 bits per heavy atom. The molecule has 0 spiro atoms. The summed E-state index contributed by atoms with van der Waals surface area (Å²) in [5.74, 6) is 0. The Hall–Kier alpha value is -5.40. The van der Waals surface area contributed by atoms with Crippen molar-refractivity contribution in [3.8, 4) is 33.4 Å². The molecule has 1 nitrogen and oxygen atoms in total. The number of hydrogen-bond donors (Lipinski definition) is 0. The summed E-state index contributed by atoms with van der Waals surface area (Å²) in [6, 6.07) is 59.3. The highest BCUT2D eigenvalue weighted by Gasteiger charge is 2.16. The van der Waals surface area contributed by atoms with Gasteiger partial charge in [0, 0.05) is 17.1 Å². The van der Waals surface area contributed by atoms with Crippen molar-refractivity contribution in [2.75, 3.05) is 4.90 Å². The summed E-state index contributed by atoms with van der Waals surface area (Å²) in [5.41, 5.74) is 13.2. The van der Waals surface area contributed by atoms with Gasteiger partial charge in [-0.2, -0.15) is 0 Å². The fourth-order valence-electron chi connectivity index (χ4n) is 5.92. The summed E-state index contributed by atoms with van der Waals surface area (Å²) in [7, 11) is 0. The Labute approximate surface area is 254 Å². The average molecular weight is 552 g/mol. The molecule has 0 aliphatic carbocycles. The van der Waals surface area contributed by atoms with Crippen molar-refractivity contribution in [1.82, 2.24) is 0 Å². The van der Waals surface area contributed by atoms with Gasteiger partial charge in [0.05, 0.1) is 0 Å². The second-order valence-corrected chi connectivity index (χ2v) is 11.2. The van der Waals surface area contributed by atoms with Crippen molar-refractivity contribution < 1.29 is 0 Å². The molecule has 206 valence electrons. The van der Waals surface area contributed by atoms with Crippen molar-refractivity contribution in [2.24, 2.45) is 0 Å². The van der Waals surface area contributed by atoms with Crippen LogP contribution in [-0.4, -0.2) is 0 Å². The highest BCUT2D eigenvalue weighted by Crippen LogP contribution is 2.41. The molecular weight excluding hydrogens is 518 g/mol. The van der Waals surface area contributed by atoms with E-state index in [9.17, 15) is 0 Å². The van der Waals surface area contributed by atoms with Gasteiger partial charge in [0.1, 0.15) is 0 Å². The second-order valence-electron chi connectivity index (χ2n) is 11.2. The third kappa shape index (κ3) is 5.34. The van der Waals surface area contributed by atoms with E-state index in [1.54, 1.807) is 0 Å². The van der Waals surface area contributed by atoms with E-state index in [0.29, 0.717) is 0 Å². The molecule has 0 aliphatic rings. The van der Waals surface area contributed by atoms with E-state index in [4.69, 9.17) is 0 Å². The highest BCUT2D eigenvalue weighted by atomic mass is 15.1. The zero-order valence-corrected chi connectivity index (χ0v) is 24.5. The van der Waals surface area contributed by atoms with Gasteiger partial charge in [-0.05, 0) is 94.4 Å². The number of fused-ring (bicyclic) bond motifs is 1. The van der Waals surface area contributed by atoms with Crippen LogP contribution in [0, 0.1) is 13.8 Å². The second kappa shape index (κ2) is 11.5. The van der Waals surface area contributed by atoms with Gasteiger partial charge in [-0.3, -0.25) is 0 Å². The molecule has 0 bridgehead atoms. The van der Waals surface area contributed by atoms with Crippen molar-refractivity contribution in [1.29, 1.82) is 0 Å². The zero-order chi connectivity index (χ0) is 29.2. The Kier molecular flexibility index (Phi) is 7.07. The first-order chi connectivity index (χ1) is 21.1. The zero-order valence-electron chi connectivity index (χ0n) is 24.5. The maximum atomic E-state index is 2.35. The summed E-state index contributed by atoms with van der Waals surface area (Å²) in [6.07, 6.45) is 0. The molecule has 1 heteroatoms. The quantitative estimate of drug-likeness (QED) is 0.199. The number of aryl methyl sites for hydroxylation is 2. The highest BCUT2D eigenvalue weighted by molar-refractivity contribution is 5.97. The van der Waals surface area contributed by atoms with Gasteiger partial charge in [-0.25, -0.2) is 0 Å². The molecule has 7 rings (SSSR count). The number of nitrogens with zero attached hydrogens (tertiary/aromatic N) is 1. The van der Waals surface area contributed by atoms with Crippen LogP contribution in [0.25, 0.3) is 44.2 Å². The molecule has 0 heterocycles. The third-order valence-electron chi connectivity index (χ3n) is 8.23. The normalized spacial score (nSPS) is 11.0. The molecule has 43 heavy (non-hydrogen) atoms. The molecule has 0 aliphatic heterocycles. The fourth-order valence-corrected chi connectivity index (χ4v) is 5.92. The van der Waals surface area contributed by atoms with Crippen LogP contribution in [-0.2, 0) is 0 Å². The van der Waals surface area contributed by atoms with Crippen LogP contribution in [0.15, 0.2) is 164 Å². The Morgan fingerprint density at radius 3 is 1.51 bits per heavy atom. The number of hydrogen-bond acceptors (Lipinski definition) is 1. The summed E-state index contributed by atoms with van der Waals surface area (Å²) in [5, 5.41) is 2.54. The molecule has 0 fully saturated rings. The van der Waals surface area contributed by atoms with Gasteiger partial charge in [0.25, 0.3) is 0 Å². The van der Waals surface area contributed by atoms with E-state index >= 15 is 0 Å². The predicted molar refractivity (Wildman–Crippen MR) is 184 cm³/mol. The summed E-state index contributed by atoms with van der Waals surface area (Å²) in [4.78, 5) is 2.35. The standard InChI is InChI=1S/C42H33N/c1-30-15-23-36(24-16-30)43(37-25-17-31(2)18-26-37)38-27-28-41(42(29-38)33-9-4-3-5-10-33)35-21-19-34(20-22-35)40-14-8-12-32-11-6-7-13-39(32)40/h3-29H,1-2H3. The van der Waals surface area contributed by atoms with Crippen LogP contribution in [0.1, 0.15) is 11.1 Å². The van der Waals surface area contributed by atoms with E-state index < -0.39 is 0 Å². The smallest absolute Gasteiger partial charge is 0.0468 e. The lowest BCUT2D eigenvalue weighted by atomic mass is 9.91. The molecule has 7 aromatic carbocycles. The van der Waals surface area contributed by atoms with Crippen molar-refractivity contribution in [3.63, 3.8) is 0 Å². The minimum atomic E-state index is 1.13. The molecule has 0 radical (unpaired) electrons. The van der Waals surface area contributed by atoms with Crippen LogP contribution < -0.4 is 4.90 Å². The van der Waals surface area contributed by atoms with Crippen LogP contribution in [0.4, 0.5) is 17.1 Å². The lowest BCUT2D eigenvalue weighted by Gasteiger charge is -2.27. The molecule has 0 amide bonds. The predicted octanol–water partition coefficient (Wildman–Crippen LogP) is 11.9. The Balaban J connectivity index is 1.35. The van der Waals surface area contributed by atoms with E-state index in [1.807, 2.05) is 0 Å². The summed E-state index contributed by atoms with van der Waals surface area (Å²) < 4.78 is 0. The summed E-state index contributed by atoms with van der Waals surface area (Å²) in [6.45, 7) is 4.27. The molecule has 0 N–H and O–H groups in total. The van der Waals surface area contributed by atoms with Crippen LogP contribution in [0.5, 0.6) is 0 Å². The molecule has 0 saturated carbocycles. The van der Waals surface area contributed by atoms with Gasteiger partial charge in [0.15, 0.2) is 0 Å². The van der Waals surface area contributed by atoms with E-state index in [0.717, 1.165) is 17.1 Å². The van der Waals surface area contributed by atoms with Crippen molar-refractivity contribution in [2.45, 2.75) is 13.8 Å². The summed E-state index contributed by atoms with van der Waals surface area (Å²) >= 11 is 0. The molecule has 0 atom stereocenters. The topological polar surface area (TPSA) is 3.24 Å². The molecule has 0 aromatic heterocycles. The lowest BCUT2D eigenvalue weighted by Crippen LogP contribution is -2.10. The van der Waals surface area contributed by atoms with E-state index in [-0.39, 0.29) is 0 Å². The maximum absolute atomic E-state index is 2.35. The number of rotatable bonds is 6. The molecular formula is C42H33N. The van der Waals surface area contributed by atoms with Gasteiger partial charge in [0.2, 0.25) is 0 Å². The molecule has 7 aromatic rings. The van der Waals surface area contributed by atoms with Crippen LogP contribution >= 0.6 is 0 Å². The van der Waals surface area contributed by atoms with Gasteiger partial charge >= 0.3 is 0 Å². The monoisotopic (exact) mass is 551 g/mol. The lowest BCUT2D eigenvalue weighted by molar-refractivity contribution is 1.27. The minimum Gasteiger partial charge on any atom is -0.310 e. The first kappa shape index (κ1) is 26.5. The van der Waals surface area contributed by atoms with Gasteiger partial charge in [-0.15, -0.1) is 0 Å². The third-order valence-corrected chi connectivity index (χ3v) is 8.23. The van der Waals surface area contributed by atoms with Crippen LogP contribution in [0.2, 0.25) is 0 Å². The minimum absolute atomic E-state index is 1.13. The number of anilines is 3. The van der Waals surface area contributed by atoms with E-state index in [1.165, 1.54) is 55.3 Å². The first-order valence-electron chi connectivity index (χ1n) is 14.9. The molecule has 0 unspecified atom stereocenters. The first-order valence-corrected chi connectivity index (χ1v) is 14.9. The largest absolute Gasteiger partial charge is 0.310 e. The SMILES string of the molecule is Cc1ccc(N(c2ccc(C)cc2)c2ccc(-c3ccc(-c4cccc5ccccc45)cc3)c(-c3ccccc3)c2)cc1. The van der Waals surface area contributed by atoms with Gasteiger partial charge in [-0.1, -0.05) is 139 Å². The Bertz CT molecular complexity index is 1950. The average Bonchev–Trinajstić information content (AvgIpc) is 3.07. The van der Waals surface area contributed by atoms with Gasteiger partial charge < -0.3 is 4.90 Å². The maximum Gasteiger partial charge on any atom is 0.0468 e. The van der Waals surface area contributed by atoms with Crippen LogP contribution in [0.3, 0.4) is 0 Å². The van der Waals surface area contributed by atoms with Crippen molar-refractivity contribution >= 4 is 27.8 Å². The molecule has 0 saturated heterocycles. The fraction of sp³-hybridized carbons (Fsp3) is 0.0476. The number of benzene rings is 7. The Morgan fingerprint density at radius 2 is 0.860 bits per heavy atom. The van der Waals surface area contributed by atoms with E-state index in [2.05, 4.69) is 183 Å². The van der Waals surface area contributed by atoms with Crippen molar-refractivity contribution in [3.05, 3.63) is 175 Å².